The molecule has 0 unspecified atom stereocenters. The van der Waals surface area contributed by atoms with E-state index in [1.165, 1.54) is 37.7 Å². The van der Waals surface area contributed by atoms with E-state index in [0.29, 0.717) is 12.3 Å². The Morgan fingerprint density at radius 3 is 2.83 bits per heavy atom. The zero-order valence-corrected chi connectivity index (χ0v) is 11.5. The van der Waals surface area contributed by atoms with E-state index < -0.39 is 0 Å². The van der Waals surface area contributed by atoms with Crippen molar-refractivity contribution in [2.75, 3.05) is 0 Å². The first-order valence-electron chi connectivity index (χ1n) is 6.78. The molecule has 0 aromatic carbocycles. The Balaban J connectivity index is 1.89. The van der Waals surface area contributed by atoms with Crippen molar-refractivity contribution in [1.29, 1.82) is 0 Å². The fourth-order valence-electron chi connectivity index (χ4n) is 2.80. The maximum absolute atomic E-state index is 11.2. The summed E-state index contributed by atoms with van der Waals surface area (Å²) in [6.45, 7) is 0.845. The number of carbonyl (C=O) groups excluding carboxylic acids is 1. The molecule has 3 N–H and O–H groups in total. The average molecular weight is 266 g/mol. The Bertz CT molecular complexity index is 358. The van der Waals surface area contributed by atoms with Crippen LogP contribution in [0.1, 0.15) is 44.1 Å². The number of rotatable bonds is 6. The predicted octanol–water partition coefficient (Wildman–Crippen LogP) is 2.66. The van der Waals surface area contributed by atoms with E-state index >= 15 is 0 Å². The van der Waals surface area contributed by atoms with Crippen LogP contribution in [-0.2, 0) is 11.3 Å². The van der Waals surface area contributed by atoms with Crippen LogP contribution in [0.15, 0.2) is 16.8 Å². The van der Waals surface area contributed by atoms with Crippen LogP contribution in [0.4, 0.5) is 0 Å². The highest BCUT2D eigenvalue weighted by molar-refractivity contribution is 7.07. The molecule has 0 radical (unpaired) electrons. The first-order valence-corrected chi connectivity index (χ1v) is 7.73. The fourth-order valence-corrected chi connectivity index (χ4v) is 3.47. The van der Waals surface area contributed by atoms with Crippen LogP contribution >= 0.6 is 11.3 Å². The fraction of sp³-hybridized carbons (Fsp3) is 0.643. The van der Waals surface area contributed by atoms with Crippen LogP contribution in [-0.4, -0.2) is 11.9 Å². The lowest BCUT2D eigenvalue weighted by molar-refractivity contribution is -0.118. The van der Waals surface area contributed by atoms with Gasteiger partial charge in [-0.15, -0.1) is 0 Å². The van der Waals surface area contributed by atoms with Gasteiger partial charge in [0.05, 0.1) is 0 Å². The number of thiophene rings is 1. The molecule has 1 saturated carbocycles. The third-order valence-electron chi connectivity index (χ3n) is 3.79. The molecule has 0 aliphatic heterocycles. The maximum atomic E-state index is 11.2. The molecular weight excluding hydrogens is 244 g/mol. The van der Waals surface area contributed by atoms with Crippen LogP contribution in [0.3, 0.4) is 0 Å². The molecule has 1 amide bonds. The molecule has 0 bridgehead atoms. The Kier molecular flexibility index (Phi) is 5.20. The molecule has 1 heterocycles. The Morgan fingerprint density at radius 2 is 2.22 bits per heavy atom. The van der Waals surface area contributed by atoms with Crippen molar-refractivity contribution >= 4 is 17.2 Å². The minimum atomic E-state index is -0.191. The second-order valence-electron chi connectivity index (χ2n) is 5.19. The first-order chi connectivity index (χ1) is 8.75. The molecule has 1 aromatic rings. The van der Waals surface area contributed by atoms with Gasteiger partial charge in [-0.05, 0) is 41.1 Å². The summed E-state index contributed by atoms with van der Waals surface area (Å²) in [5, 5.41) is 7.76. The highest BCUT2D eigenvalue weighted by Crippen LogP contribution is 2.28. The van der Waals surface area contributed by atoms with E-state index in [0.717, 1.165) is 6.54 Å². The van der Waals surface area contributed by atoms with Gasteiger partial charge in [0.2, 0.25) is 5.91 Å². The predicted molar refractivity (Wildman–Crippen MR) is 75.3 cm³/mol. The van der Waals surface area contributed by atoms with Gasteiger partial charge in [0.15, 0.2) is 0 Å². The Morgan fingerprint density at radius 1 is 1.44 bits per heavy atom. The van der Waals surface area contributed by atoms with E-state index in [1.807, 2.05) is 0 Å². The number of hydrogen-bond donors (Lipinski definition) is 2. The number of nitrogens with two attached hydrogens (primary N) is 1. The minimum absolute atomic E-state index is 0.191. The zero-order valence-electron chi connectivity index (χ0n) is 10.7. The van der Waals surface area contributed by atoms with Gasteiger partial charge < -0.3 is 11.1 Å². The van der Waals surface area contributed by atoms with Crippen LogP contribution in [0, 0.1) is 5.92 Å². The normalized spacial score (nSPS) is 18.7. The van der Waals surface area contributed by atoms with Crippen molar-refractivity contribution in [3.05, 3.63) is 22.4 Å². The topological polar surface area (TPSA) is 55.1 Å². The van der Waals surface area contributed by atoms with Gasteiger partial charge in [0.1, 0.15) is 0 Å². The summed E-state index contributed by atoms with van der Waals surface area (Å²) >= 11 is 1.71. The first kappa shape index (κ1) is 13.6. The van der Waals surface area contributed by atoms with Gasteiger partial charge in [-0.1, -0.05) is 19.3 Å². The number of carbonyl (C=O) groups is 1. The lowest BCUT2D eigenvalue weighted by atomic mass is 9.82. The van der Waals surface area contributed by atoms with E-state index in [1.54, 1.807) is 11.3 Å². The quantitative estimate of drug-likeness (QED) is 0.831. The molecule has 18 heavy (non-hydrogen) atoms. The van der Waals surface area contributed by atoms with Crippen molar-refractivity contribution in [2.24, 2.45) is 11.7 Å². The molecule has 1 atom stereocenters. The van der Waals surface area contributed by atoms with E-state index in [4.69, 9.17) is 5.73 Å². The van der Waals surface area contributed by atoms with Crippen molar-refractivity contribution in [1.82, 2.24) is 5.32 Å². The summed E-state index contributed by atoms with van der Waals surface area (Å²) in [6.07, 6.45) is 6.85. The summed E-state index contributed by atoms with van der Waals surface area (Å²) in [7, 11) is 0. The maximum Gasteiger partial charge on any atom is 0.218 e. The summed E-state index contributed by atoms with van der Waals surface area (Å²) in [5.74, 6) is 0.424. The highest BCUT2D eigenvalue weighted by atomic mass is 32.1. The molecule has 1 aliphatic rings. The van der Waals surface area contributed by atoms with Crippen molar-refractivity contribution < 1.29 is 4.79 Å². The average Bonchev–Trinajstić information content (AvgIpc) is 2.88. The molecule has 1 fully saturated rings. The van der Waals surface area contributed by atoms with Crippen LogP contribution in [0.25, 0.3) is 0 Å². The molecule has 1 aromatic heterocycles. The third kappa shape index (κ3) is 4.10. The van der Waals surface area contributed by atoms with Crippen molar-refractivity contribution in [3.8, 4) is 0 Å². The summed E-state index contributed by atoms with van der Waals surface area (Å²) < 4.78 is 0. The summed E-state index contributed by atoms with van der Waals surface area (Å²) in [6, 6.07) is 2.38. The monoisotopic (exact) mass is 266 g/mol. The lowest BCUT2D eigenvalue weighted by Crippen LogP contribution is -2.40. The molecule has 3 nitrogen and oxygen atoms in total. The molecule has 100 valence electrons. The molecular formula is C14H22N2OS. The molecule has 0 spiro atoms. The smallest absolute Gasteiger partial charge is 0.218 e. The van der Waals surface area contributed by atoms with Gasteiger partial charge >= 0.3 is 0 Å². The van der Waals surface area contributed by atoms with Gasteiger partial charge in [-0.25, -0.2) is 0 Å². The second kappa shape index (κ2) is 6.90. The summed E-state index contributed by atoms with van der Waals surface area (Å²) in [4.78, 5) is 11.2. The molecule has 0 saturated heterocycles. The third-order valence-corrected chi connectivity index (χ3v) is 4.52. The number of hydrogen-bond acceptors (Lipinski definition) is 3. The Labute approximate surface area is 113 Å². The molecule has 1 aliphatic carbocycles. The van der Waals surface area contributed by atoms with E-state index in [-0.39, 0.29) is 11.9 Å². The Hall–Kier alpha value is -0.870. The zero-order chi connectivity index (χ0) is 12.8. The van der Waals surface area contributed by atoms with Gasteiger partial charge in [0, 0.05) is 19.0 Å². The molecule has 4 heteroatoms. The SMILES string of the molecule is NC(=O)C[C@H](NCc1ccsc1)C1CCCCC1. The lowest BCUT2D eigenvalue weighted by Gasteiger charge is -2.30. The number of amides is 1. The van der Waals surface area contributed by atoms with Gasteiger partial charge in [0.25, 0.3) is 0 Å². The summed E-state index contributed by atoms with van der Waals surface area (Å²) in [5.41, 5.74) is 6.67. The number of primary amides is 1. The molecule has 2 rings (SSSR count). The van der Waals surface area contributed by atoms with Crippen LogP contribution < -0.4 is 11.1 Å². The van der Waals surface area contributed by atoms with Crippen LogP contribution in [0.2, 0.25) is 0 Å². The standard InChI is InChI=1S/C14H22N2OS/c15-14(17)8-13(12-4-2-1-3-5-12)16-9-11-6-7-18-10-11/h6-7,10,12-13,16H,1-5,8-9H2,(H2,15,17)/t13-/m0/s1. The minimum Gasteiger partial charge on any atom is -0.370 e. The largest absolute Gasteiger partial charge is 0.370 e. The highest BCUT2D eigenvalue weighted by Gasteiger charge is 2.24. The van der Waals surface area contributed by atoms with Crippen molar-refractivity contribution in [3.63, 3.8) is 0 Å². The van der Waals surface area contributed by atoms with Crippen LogP contribution in [0.5, 0.6) is 0 Å². The van der Waals surface area contributed by atoms with Gasteiger partial charge in [-0.2, -0.15) is 11.3 Å². The van der Waals surface area contributed by atoms with Gasteiger partial charge in [-0.3, -0.25) is 4.79 Å². The van der Waals surface area contributed by atoms with E-state index in [2.05, 4.69) is 22.1 Å². The second-order valence-corrected chi connectivity index (χ2v) is 5.97. The van der Waals surface area contributed by atoms with E-state index in [9.17, 15) is 4.79 Å². The number of nitrogens with one attached hydrogen (secondary N) is 1. The van der Waals surface area contributed by atoms with Crippen molar-refractivity contribution in [2.45, 2.75) is 51.1 Å².